The number of hydrogen-bond acceptors (Lipinski definition) is 5. The molecule has 1 aliphatic heterocycles. The van der Waals surface area contributed by atoms with Crippen molar-refractivity contribution >= 4 is 34.2 Å². The Morgan fingerprint density at radius 2 is 1.69 bits per heavy atom. The highest BCUT2D eigenvalue weighted by Crippen LogP contribution is 2.40. The van der Waals surface area contributed by atoms with Gasteiger partial charge in [0.05, 0.1) is 11.6 Å². The van der Waals surface area contributed by atoms with Gasteiger partial charge >= 0.3 is 5.97 Å². The van der Waals surface area contributed by atoms with Gasteiger partial charge in [0.15, 0.2) is 0 Å². The summed E-state index contributed by atoms with van der Waals surface area (Å²) < 4.78 is 5.09. The number of aliphatic hydroxyl groups excluding tert-OH is 1. The smallest absolute Gasteiger partial charge is 0.308 e. The summed E-state index contributed by atoms with van der Waals surface area (Å²) in [6.07, 6.45) is 0.658. The van der Waals surface area contributed by atoms with E-state index in [2.05, 4.69) is 0 Å². The van der Waals surface area contributed by atoms with Crippen LogP contribution in [0.2, 0.25) is 0 Å². The van der Waals surface area contributed by atoms with Crippen LogP contribution in [0.5, 0.6) is 5.75 Å². The minimum absolute atomic E-state index is 0.0546. The zero-order valence-corrected chi connectivity index (χ0v) is 17.9. The molecular formula is C26H23NO5. The Balaban J connectivity index is 1.83. The summed E-state index contributed by atoms with van der Waals surface area (Å²) in [6.45, 7) is 3.60. The highest BCUT2D eigenvalue weighted by atomic mass is 16.5. The maximum Gasteiger partial charge on any atom is 0.308 e. The lowest BCUT2D eigenvalue weighted by atomic mass is 9.94. The predicted molar refractivity (Wildman–Crippen MR) is 121 cm³/mol. The van der Waals surface area contributed by atoms with Crippen molar-refractivity contribution < 1.29 is 24.2 Å². The van der Waals surface area contributed by atoms with Gasteiger partial charge in [0.2, 0.25) is 0 Å². The Bertz CT molecular complexity index is 1240. The van der Waals surface area contributed by atoms with Crippen molar-refractivity contribution in [1.82, 2.24) is 4.90 Å². The molecule has 0 aliphatic carbocycles. The van der Waals surface area contributed by atoms with Gasteiger partial charge in [0, 0.05) is 19.0 Å². The fourth-order valence-corrected chi connectivity index (χ4v) is 4.07. The monoisotopic (exact) mass is 429 g/mol. The molecule has 0 radical (unpaired) electrons. The second kappa shape index (κ2) is 8.67. The lowest BCUT2D eigenvalue weighted by molar-refractivity contribution is -0.139. The molecule has 1 heterocycles. The maximum absolute atomic E-state index is 13.0. The number of carbonyl (C=O) groups excluding carboxylic acids is 3. The Hall–Kier alpha value is -3.93. The van der Waals surface area contributed by atoms with E-state index >= 15 is 0 Å². The first-order chi connectivity index (χ1) is 15.4. The number of amides is 1. The molecule has 0 bridgehead atoms. The zero-order chi connectivity index (χ0) is 22.8. The van der Waals surface area contributed by atoms with Gasteiger partial charge in [0.25, 0.3) is 11.7 Å². The number of hydrogen-bond donors (Lipinski definition) is 1. The number of likely N-dealkylation sites (tertiary alicyclic amines) is 1. The molecule has 1 saturated heterocycles. The largest absolute Gasteiger partial charge is 0.507 e. The van der Waals surface area contributed by atoms with Gasteiger partial charge in [-0.2, -0.15) is 0 Å². The SMILES string of the molecule is CCCN1C(=O)C(=O)/C(=C(\O)c2ccc3ccccc3c2)C1c1ccc(OC(C)=O)cc1. The number of Topliss-reactive ketones (excluding diaryl/α,β-unsaturated/α-hetero) is 1. The predicted octanol–water partition coefficient (Wildman–Crippen LogP) is 4.60. The Kier molecular flexibility index (Phi) is 5.77. The van der Waals surface area contributed by atoms with E-state index in [9.17, 15) is 19.5 Å². The summed E-state index contributed by atoms with van der Waals surface area (Å²) in [7, 11) is 0. The summed E-state index contributed by atoms with van der Waals surface area (Å²) in [5.74, 6) is -1.63. The third kappa shape index (κ3) is 3.87. The van der Waals surface area contributed by atoms with E-state index in [4.69, 9.17) is 4.74 Å². The first kappa shape index (κ1) is 21.3. The van der Waals surface area contributed by atoms with Crippen LogP contribution >= 0.6 is 0 Å². The fraction of sp³-hybridized carbons (Fsp3) is 0.192. The lowest BCUT2D eigenvalue weighted by Gasteiger charge is -2.25. The van der Waals surface area contributed by atoms with Crippen molar-refractivity contribution in [3.05, 3.63) is 83.4 Å². The molecule has 3 aromatic carbocycles. The molecule has 6 heteroatoms. The van der Waals surface area contributed by atoms with E-state index in [1.165, 1.54) is 11.8 Å². The minimum atomic E-state index is -0.729. The Labute approximate surface area is 185 Å². The van der Waals surface area contributed by atoms with Gasteiger partial charge in [-0.15, -0.1) is 0 Å². The number of nitrogens with zero attached hydrogens (tertiary/aromatic N) is 1. The molecule has 3 aromatic rings. The van der Waals surface area contributed by atoms with Crippen LogP contribution in [-0.4, -0.2) is 34.2 Å². The Morgan fingerprint density at radius 1 is 1.00 bits per heavy atom. The average molecular weight is 429 g/mol. The van der Waals surface area contributed by atoms with Gasteiger partial charge in [-0.3, -0.25) is 14.4 Å². The van der Waals surface area contributed by atoms with Crippen LogP contribution in [0.4, 0.5) is 0 Å². The van der Waals surface area contributed by atoms with Crippen molar-refractivity contribution in [2.45, 2.75) is 26.3 Å². The third-order valence-electron chi connectivity index (χ3n) is 5.48. The molecule has 1 unspecified atom stereocenters. The van der Waals surface area contributed by atoms with Crippen molar-refractivity contribution in [2.75, 3.05) is 6.54 Å². The number of aliphatic hydroxyl groups is 1. The molecule has 0 saturated carbocycles. The lowest BCUT2D eigenvalue weighted by Crippen LogP contribution is -2.30. The molecule has 6 nitrogen and oxygen atoms in total. The van der Waals surface area contributed by atoms with Crippen LogP contribution in [0.25, 0.3) is 16.5 Å². The van der Waals surface area contributed by atoms with Gasteiger partial charge < -0.3 is 14.7 Å². The quantitative estimate of drug-likeness (QED) is 0.211. The van der Waals surface area contributed by atoms with E-state index in [0.717, 1.165) is 10.8 Å². The van der Waals surface area contributed by atoms with Gasteiger partial charge in [-0.05, 0) is 41.0 Å². The number of rotatable bonds is 5. The molecule has 1 atom stereocenters. The average Bonchev–Trinajstić information content (AvgIpc) is 3.03. The fourth-order valence-electron chi connectivity index (χ4n) is 4.07. The van der Waals surface area contributed by atoms with E-state index in [1.807, 2.05) is 37.3 Å². The summed E-state index contributed by atoms with van der Waals surface area (Å²) in [6, 6.07) is 19.0. The maximum atomic E-state index is 13.0. The first-order valence-corrected chi connectivity index (χ1v) is 10.5. The molecule has 162 valence electrons. The van der Waals surface area contributed by atoms with Crippen LogP contribution in [0.1, 0.15) is 37.4 Å². The first-order valence-electron chi connectivity index (χ1n) is 10.5. The van der Waals surface area contributed by atoms with Crippen LogP contribution < -0.4 is 4.74 Å². The van der Waals surface area contributed by atoms with Gasteiger partial charge in [-0.25, -0.2) is 0 Å². The van der Waals surface area contributed by atoms with Crippen LogP contribution in [0, 0.1) is 0 Å². The summed E-state index contributed by atoms with van der Waals surface area (Å²) in [5.41, 5.74) is 1.18. The summed E-state index contributed by atoms with van der Waals surface area (Å²) in [4.78, 5) is 38.5. The summed E-state index contributed by atoms with van der Waals surface area (Å²) >= 11 is 0. The number of fused-ring (bicyclic) bond motifs is 1. The van der Waals surface area contributed by atoms with Crippen molar-refractivity contribution in [2.24, 2.45) is 0 Å². The topological polar surface area (TPSA) is 83.9 Å². The molecular weight excluding hydrogens is 406 g/mol. The van der Waals surface area contributed by atoms with E-state index in [-0.39, 0.29) is 11.3 Å². The van der Waals surface area contributed by atoms with Crippen molar-refractivity contribution in [1.29, 1.82) is 0 Å². The minimum Gasteiger partial charge on any atom is -0.507 e. The molecule has 32 heavy (non-hydrogen) atoms. The number of ketones is 1. The number of carbonyl (C=O) groups is 3. The zero-order valence-electron chi connectivity index (χ0n) is 17.9. The van der Waals surface area contributed by atoms with Gasteiger partial charge in [0.1, 0.15) is 11.5 Å². The Morgan fingerprint density at radius 3 is 2.34 bits per heavy atom. The standard InChI is InChI=1S/C26H23NO5/c1-3-14-27-23(18-10-12-21(13-11-18)32-16(2)28)22(25(30)26(27)31)24(29)20-9-8-17-6-4-5-7-19(17)15-20/h4-13,15,23,29H,3,14H2,1-2H3/b24-22-. The normalized spacial score (nSPS) is 17.7. The van der Waals surface area contributed by atoms with Crippen LogP contribution in [0.15, 0.2) is 72.3 Å². The molecule has 4 rings (SSSR count). The number of ether oxygens (including phenoxy) is 1. The molecule has 1 amide bonds. The molecule has 1 fully saturated rings. The van der Waals surface area contributed by atoms with E-state index in [0.29, 0.717) is 29.8 Å². The van der Waals surface area contributed by atoms with Gasteiger partial charge in [-0.1, -0.05) is 55.5 Å². The number of esters is 1. The van der Waals surface area contributed by atoms with Crippen molar-refractivity contribution in [3.8, 4) is 5.75 Å². The highest BCUT2D eigenvalue weighted by molar-refractivity contribution is 6.46. The number of benzene rings is 3. The highest BCUT2D eigenvalue weighted by Gasteiger charge is 2.45. The third-order valence-corrected chi connectivity index (χ3v) is 5.48. The van der Waals surface area contributed by atoms with E-state index in [1.54, 1.807) is 36.4 Å². The molecule has 0 aromatic heterocycles. The van der Waals surface area contributed by atoms with Crippen LogP contribution in [0.3, 0.4) is 0 Å². The van der Waals surface area contributed by atoms with Crippen molar-refractivity contribution in [3.63, 3.8) is 0 Å². The van der Waals surface area contributed by atoms with Crippen LogP contribution in [-0.2, 0) is 14.4 Å². The molecule has 1 N–H and O–H groups in total. The second-order valence-electron chi connectivity index (χ2n) is 7.72. The molecule has 1 aliphatic rings. The second-order valence-corrected chi connectivity index (χ2v) is 7.72. The molecule has 0 spiro atoms. The summed E-state index contributed by atoms with van der Waals surface area (Å²) in [5, 5.41) is 13.1. The van der Waals surface area contributed by atoms with E-state index < -0.39 is 23.7 Å².